The summed E-state index contributed by atoms with van der Waals surface area (Å²) in [6.07, 6.45) is 0.471. The molecule has 2 amide bonds. The first-order valence-electron chi connectivity index (χ1n) is 6.05. The van der Waals surface area contributed by atoms with E-state index < -0.39 is 6.04 Å². The van der Waals surface area contributed by atoms with Crippen LogP contribution in [0.4, 0.5) is 0 Å². The number of nitrogens with one attached hydrogen (secondary N) is 2. The number of carbonyl (C=O) groups excluding carboxylic acids is 2. The fraction of sp³-hybridized carbons (Fsp3) is 0.385. The van der Waals surface area contributed by atoms with Crippen molar-refractivity contribution >= 4 is 35.2 Å². The Morgan fingerprint density at radius 2 is 2.26 bits per heavy atom. The molecule has 0 radical (unpaired) electrons. The van der Waals surface area contributed by atoms with Crippen LogP contribution in [0.15, 0.2) is 24.3 Å². The SMILES string of the molecule is O=C1CCSCC(C(=O)NCc2ccccc2Cl)N1. The van der Waals surface area contributed by atoms with E-state index >= 15 is 0 Å². The largest absolute Gasteiger partial charge is 0.350 e. The highest BCUT2D eigenvalue weighted by Gasteiger charge is 2.23. The molecule has 1 aromatic rings. The maximum absolute atomic E-state index is 12.0. The Hall–Kier alpha value is -1.20. The number of thioether (sulfide) groups is 1. The third kappa shape index (κ3) is 4.14. The molecule has 4 nitrogen and oxygen atoms in total. The van der Waals surface area contributed by atoms with Crippen LogP contribution in [0.5, 0.6) is 0 Å². The summed E-state index contributed by atoms with van der Waals surface area (Å²) >= 11 is 7.63. The number of amides is 2. The number of benzene rings is 1. The highest BCUT2D eigenvalue weighted by atomic mass is 35.5. The fourth-order valence-electron chi connectivity index (χ4n) is 1.76. The van der Waals surface area contributed by atoms with Gasteiger partial charge in [-0.25, -0.2) is 0 Å². The number of hydrogen-bond acceptors (Lipinski definition) is 3. The molecular formula is C13H15ClN2O2S. The van der Waals surface area contributed by atoms with Crippen LogP contribution < -0.4 is 10.6 Å². The number of halogens is 1. The molecule has 1 saturated heterocycles. The minimum Gasteiger partial charge on any atom is -0.350 e. The number of carbonyl (C=O) groups is 2. The van der Waals surface area contributed by atoms with Gasteiger partial charge in [0, 0.05) is 29.5 Å². The van der Waals surface area contributed by atoms with Gasteiger partial charge in [-0.2, -0.15) is 11.8 Å². The maximum Gasteiger partial charge on any atom is 0.243 e. The molecule has 0 bridgehead atoms. The molecule has 0 saturated carbocycles. The van der Waals surface area contributed by atoms with E-state index in [0.29, 0.717) is 23.7 Å². The van der Waals surface area contributed by atoms with Crippen molar-refractivity contribution in [2.45, 2.75) is 19.0 Å². The van der Waals surface area contributed by atoms with Gasteiger partial charge in [-0.15, -0.1) is 0 Å². The van der Waals surface area contributed by atoms with Gasteiger partial charge in [-0.1, -0.05) is 29.8 Å². The Balaban J connectivity index is 1.90. The molecule has 0 aliphatic carbocycles. The van der Waals surface area contributed by atoms with Crippen molar-refractivity contribution in [3.8, 4) is 0 Å². The normalized spacial score (nSPS) is 19.4. The Kier molecular flexibility index (Phi) is 5.10. The topological polar surface area (TPSA) is 58.2 Å². The van der Waals surface area contributed by atoms with Gasteiger partial charge in [0.05, 0.1) is 0 Å². The lowest BCUT2D eigenvalue weighted by molar-refractivity contribution is -0.128. The van der Waals surface area contributed by atoms with E-state index in [2.05, 4.69) is 10.6 Å². The molecule has 1 aliphatic heterocycles. The van der Waals surface area contributed by atoms with Gasteiger partial charge >= 0.3 is 0 Å². The van der Waals surface area contributed by atoms with Crippen LogP contribution in [-0.2, 0) is 16.1 Å². The fourth-order valence-corrected chi connectivity index (χ4v) is 2.93. The van der Waals surface area contributed by atoms with Crippen molar-refractivity contribution < 1.29 is 9.59 Å². The first-order chi connectivity index (χ1) is 9.16. The Morgan fingerprint density at radius 3 is 3.05 bits per heavy atom. The molecule has 1 atom stereocenters. The second-order valence-corrected chi connectivity index (χ2v) is 5.81. The summed E-state index contributed by atoms with van der Waals surface area (Å²) < 4.78 is 0. The molecule has 1 unspecified atom stereocenters. The van der Waals surface area contributed by atoms with E-state index in [4.69, 9.17) is 11.6 Å². The van der Waals surface area contributed by atoms with Gasteiger partial charge in [-0.05, 0) is 11.6 Å². The average molecular weight is 299 g/mol. The summed E-state index contributed by atoms with van der Waals surface area (Å²) in [5.41, 5.74) is 0.866. The number of hydrogen-bond donors (Lipinski definition) is 2. The maximum atomic E-state index is 12.0. The molecule has 2 N–H and O–H groups in total. The predicted molar refractivity (Wildman–Crippen MR) is 77.2 cm³/mol. The zero-order chi connectivity index (χ0) is 13.7. The lowest BCUT2D eigenvalue weighted by atomic mass is 10.2. The molecule has 0 spiro atoms. The molecule has 2 rings (SSSR count). The zero-order valence-corrected chi connectivity index (χ0v) is 11.9. The van der Waals surface area contributed by atoms with Gasteiger partial charge in [0.1, 0.15) is 6.04 Å². The quantitative estimate of drug-likeness (QED) is 0.891. The van der Waals surface area contributed by atoms with E-state index in [0.717, 1.165) is 11.3 Å². The summed E-state index contributed by atoms with van der Waals surface area (Å²) in [6, 6.07) is 6.91. The van der Waals surface area contributed by atoms with Crippen molar-refractivity contribution in [3.63, 3.8) is 0 Å². The Labute approximate surface area is 121 Å². The third-order valence-corrected chi connectivity index (χ3v) is 4.25. The molecule has 1 aromatic carbocycles. The summed E-state index contributed by atoms with van der Waals surface area (Å²) in [7, 11) is 0. The predicted octanol–water partition coefficient (Wildman–Crippen LogP) is 1.58. The molecule has 6 heteroatoms. The first kappa shape index (κ1) is 14.2. The molecule has 1 heterocycles. The molecule has 19 heavy (non-hydrogen) atoms. The Morgan fingerprint density at radius 1 is 1.47 bits per heavy atom. The standard InChI is InChI=1S/C13H15ClN2O2S/c14-10-4-2-1-3-9(10)7-15-13(18)11-8-19-6-5-12(17)16-11/h1-4,11H,5-8H2,(H,15,18)(H,16,17). The van der Waals surface area contributed by atoms with Gasteiger partial charge in [0.25, 0.3) is 0 Å². The van der Waals surface area contributed by atoms with Crippen LogP contribution in [0.3, 0.4) is 0 Å². The van der Waals surface area contributed by atoms with Crippen molar-refractivity contribution in [2.24, 2.45) is 0 Å². The van der Waals surface area contributed by atoms with Crippen LogP contribution in [0, 0.1) is 0 Å². The minimum absolute atomic E-state index is 0.0668. The lowest BCUT2D eigenvalue weighted by Gasteiger charge is -2.15. The van der Waals surface area contributed by atoms with Gasteiger partial charge < -0.3 is 10.6 Å². The monoisotopic (exact) mass is 298 g/mol. The summed E-state index contributed by atoms with van der Waals surface area (Å²) in [5.74, 6) is 1.14. The van der Waals surface area contributed by atoms with E-state index in [1.54, 1.807) is 17.8 Å². The molecule has 1 aliphatic rings. The molecular weight excluding hydrogens is 284 g/mol. The first-order valence-corrected chi connectivity index (χ1v) is 7.58. The third-order valence-electron chi connectivity index (χ3n) is 2.82. The lowest BCUT2D eigenvalue weighted by Crippen LogP contribution is -2.47. The highest BCUT2D eigenvalue weighted by molar-refractivity contribution is 7.99. The summed E-state index contributed by atoms with van der Waals surface area (Å²) in [4.78, 5) is 23.4. The van der Waals surface area contributed by atoms with Crippen LogP contribution in [0.25, 0.3) is 0 Å². The van der Waals surface area contributed by atoms with E-state index in [1.807, 2.05) is 18.2 Å². The van der Waals surface area contributed by atoms with Crippen molar-refractivity contribution in [3.05, 3.63) is 34.9 Å². The average Bonchev–Trinajstić information content (AvgIpc) is 2.62. The Bertz CT molecular complexity index is 481. The van der Waals surface area contributed by atoms with Crippen LogP contribution in [-0.4, -0.2) is 29.4 Å². The second-order valence-electron chi connectivity index (χ2n) is 4.25. The molecule has 102 valence electrons. The highest BCUT2D eigenvalue weighted by Crippen LogP contribution is 2.15. The summed E-state index contributed by atoms with van der Waals surface area (Å²) in [6.45, 7) is 0.371. The van der Waals surface area contributed by atoms with Crippen molar-refractivity contribution in [1.82, 2.24) is 10.6 Å². The summed E-state index contributed by atoms with van der Waals surface area (Å²) in [5, 5.41) is 6.16. The minimum atomic E-state index is -0.456. The van der Waals surface area contributed by atoms with Gasteiger partial charge in [0.2, 0.25) is 11.8 Å². The number of rotatable bonds is 3. The van der Waals surface area contributed by atoms with E-state index in [1.165, 1.54) is 0 Å². The van der Waals surface area contributed by atoms with Gasteiger partial charge in [0.15, 0.2) is 0 Å². The van der Waals surface area contributed by atoms with Crippen molar-refractivity contribution in [2.75, 3.05) is 11.5 Å². The molecule has 0 aromatic heterocycles. The van der Waals surface area contributed by atoms with Crippen molar-refractivity contribution in [1.29, 1.82) is 0 Å². The van der Waals surface area contributed by atoms with Crippen LogP contribution in [0.2, 0.25) is 5.02 Å². The van der Waals surface area contributed by atoms with Crippen LogP contribution in [0.1, 0.15) is 12.0 Å². The zero-order valence-electron chi connectivity index (χ0n) is 10.3. The van der Waals surface area contributed by atoms with Gasteiger partial charge in [-0.3, -0.25) is 9.59 Å². The van der Waals surface area contributed by atoms with E-state index in [-0.39, 0.29) is 11.8 Å². The van der Waals surface area contributed by atoms with E-state index in [9.17, 15) is 9.59 Å². The smallest absolute Gasteiger partial charge is 0.243 e. The molecule has 1 fully saturated rings. The second kappa shape index (κ2) is 6.82. The van der Waals surface area contributed by atoms with Crippen LogP contribution >= 0.6 is 23.4 Å².